The van der Waals surface area contributed by atoms with Crippen LogP contribution in [0.2, 0.25) is 0 Å². The van der Waals surface area contributed by atoms with Gasteiger partial charge in [0, 0.05) is 0 Å². The predicted molar refractivity (Wildman–Crippen MR) is 52.6 cm³/mol. The zero-order valence-corrected chi connectivity index (χ0v) is 8.54. The molecular formula is C9H8ClN3O. The molecular weight excluding hydrogens is 202 g/mol. The molecule has 0 atom stereocenters. The van der Waals surface area contributed by atoms with Crippen molar-refractivity contribution in [2.24, 2.45) is 0 Å². The first-order chi connectivity index (χ1) is 6.59. The van der Waals surface area contributed by atoms with Crippen LogP contribution in [-0.2, 0) is 0 Å². The normalized spacial score (nSPS) is 10.8. The number of carbonyl (C=O) groups excluding carboxylic acids is 1. The van der Waals surface area contributed by atoms with Gasteiger partial charge in [-0.05, 0) is 37.1 Å². The molecule has 0 radical (unpaired) electrons. The largest absolute Gasteiger partial charge is 0.274 e. The SMILES string of the molecule is Cc1cc(C)c2ncc(C(=O)Cl)n2n1. The summed E-state index contributed by atoms with van der Waals surface area (Å²) in [5.41, 5.74) is 2.77. The Balaban J connectivity index is 2.85. The van der Waals surface area contributed by atoms with Crippen LogP contribution in [0, 0.1) is 13.8 Å². The maximum absolute atomic E-state index is 11.0. The monoisotopic (exact) mass is 209 g/mol. The molecule has 2 aromatic heterocycles. The molecule has 0 N–H and O–H groups in total. The highest BCUT2D eigenvalue weighted by atomic mass is 35.5. The van der Waals surface area contributed by atoms with Gasteiger partial charge >= 0.3 is 0 Å². The van der Waals surface area contributed by atoms with Crippen LogP contribution in [0.4, 0.5) is 0 Å². The number of aromatic nitrogens is 3. The summed E-state index contributed by atoms with van der Waals surface area (Å²) in [6.07, 6.45) is 1.43. The molecule has 0 aliphatic rings. The third-order valence-electron chi connectivity index (χ3n) is 1.98. The molecule has 0 fully saturated rings. The van der Waals surface area contributed by atoms with Gasteiger partial charge in [-0.1, -0.05) is 0 Å². The van der Waals surface area contributed by atoms with E-state index in [0.29, 0.717) is 11.3 Å². The Kier molecular flexibility index (Phi) is 2.00. The number of aryl methyl sites for hydroxylation is 2. The Hall–Kier alpha value is -1.42. The minimum atomic E-state index is -0.546. The van der Waals surface area contributed by atoms with E-state index in [1.165, 1.54) is 10.7 Å². The average Bonchev–Trinajstić information content (AvgIpc) is 2.47. The second kappa shape index (κ2) is 3.06. The van der Waals surface area contributed by atoms with Gasteiger partial charge in [0.25, 0.3) is 5.24 Å². The van der Waals surface area contributed by atoms with Gasteiger partial charge in [-0.2, -0.15) is 5.10 Å². The van der Waals surface area contributed by atoms with Gasteiger partial charge in [0.05, 0.1) is 11.9 Å². The van der Waals surface area contributed by atoms with Crippen LogP contribution in [0.15, 0.2) is 12.3 Å². The van der Waals surface area contributed by atoms with Gasteiger partial charge in [0.2, 0.25) is 0 Å². The quantitative estimate of drug-likeness (QED) is 0.672. The molecule has 72 valence electrons. The van der Waals surface area contributed by atoms with Crippen LogP contribution in [0.3, 0.4) is 0 Å². The number of hydrogen-bond acceptors (Lipinski definition) is 3. The smallest absolute Gasteiger partial charge is 0.272 e. The van der Waals surface area contributed by atoms with Gasteiger partial charge in [-0.15, -0.1) is 0 Å². The van der Waals surface area contributed by atoms with Crippen LogP contribution in [-0.4, -0.2) is 19.8 Å². The van der Waals surface area contributed by atoms with Crippen LogP contribution in [0.25, 0.3) is 5.65 Å². The van der Waals surface area contributed by atoms with Crippen molar-refractivity contribution in [2.45, 2.75) is 13.8 Å². The number of hydrogen-bond donors (Lipinski definition) is 0. The predicted octanol–water partition coefficient (Wildman–Crippen LogP) is 1.73. The molecule has 2 heterocycles. The van der Waals surface area contributed by atoms with Crippen molar-refractivity contribution in [1.29, 1.82) is 0 Å². The third kappa shape index (κ3) is 1.28. The Morgan fingerprint density at radius 1 is 1.50 bits per heavy atom. The van der Waals surface area contributed by atoms with Crippen LogP contribution in [0.5, 0.6) is 0 Å². The van der Waals surface area contributed by atoms with Gasteiger partial charge in [0.1, 0.15) is 5.69 Å². The molecule has 0 saturated heterocycles. The molecule has 0 amide bonds. The van der Waals surface area contributed by atoms with Gasteiger partial charge in [0.15, 0.2) is 5.65 Å². The van der Waals surface area contributed by atoms with E-state index in [9.17, 15) is 4.79 Å². The van der Waals surface area contributed by atoms with E-state index in [2.05, 4.69) is 10.1 Å². The lowest BCUT2D eigenvalue weighted by atomic mass is 10.3. The molecule has 5 heteroatoms. The van der Waals surface area contributed by atoms with Crippen LogP contribution < -0.4 is 0 Å². The first-order valence-corrected chi connectivity index (χ1v) is 4.49. The molecule has 0 spiro atoms. The van der Waals surface area contributed by atoms with E-state index in [-0.39, 0.29) is 0 Å². The lowest BCUT2D eigenvalue weighted by molar-refractivity contribution is 0.107. The topological polar surface area (TPSA) is 47.3 Å². The Bertz CT molecular complexity index is 518. The van der Waals surface area contributed by atoms with Crippen LogP contribution in [0.1, 0.15) is 21.7 Å². The zero-order chi connectivity index (χ0) is 10.3. The summed E-state index contributed by atoms with van der Waals surface area (Å²) in [4.78, 5) is 15.1. The highest BCUT2D eigenvalue weighted by molar-refractivity contribution is 6.67. The first-order valence-electron chi connectivity index (χ1n) is 4.11. The molecule has 14 heavy (non-hydrogen) atoms. The average molecular weight is 210 g/mol. The highest BCUT2D eigenvalue weighted by Crippen LogP contribution is 2.12. The summed E-state index contributed by atoms with van der Waals surface area (Å²) in [5, 5.41) is 3.62. The standard InChI is InChI=1S/C9H8ClN3O/c1-5-3-6(2)12-13-7(8(10)14)4-11-9(5)13/h3-4H,1-2H3. The molecule has 0 saturated carbocycles. The summed E-state index contributed by atoms with van der Waals surface area (Å²) in [6, 6.07) is 1.91. The number of carbonyl (C=O) groups is 1. The number of nitrogens with zero attached hydrogens (tertiary/aromatic N) is 3. The number of fused-ring (bicyclic) bond motifs is 1. The summed E-state index contributed by atoms with van der Waals surface area (Å²) in [7, 11) is 0. The van der Waals surface area contributed by atoms with E-state index in [1.54, 1.807) is 0 Å². The maximum Gasteiger partial charge on any atom is 0.272 e. The fourth-order valence-electron chi connectivity index (χ4n) is 1.41. The second-order valence-corrected chi connectivity index (χ2v) is 3.46. The van der Waals surface area contributed by atoms with E-state index < -0.39 is 5.24 Å². The van der Waals surface area contributed by atoms with Gasteiger partial charge < -0.3 is 0 Å². The molecule has 0 unspecified atom stereocenters. The molecule has 2 aromatic rings. The lowest BCUT2D eigenvalue weighted by Crippen LogP contribution is -2.02. The van der Waals surface area contributed by atoms with Crippen molar-refractivity contribution >= 4 is 22.5 Å². The summed E-state index contributed by atoms with van der Waals surface area (Å²) < 4.78 is 1.47. The first kappa shape index (κ1) is 9.15. The second-order valence-electron chi connectivity index (χ2n) is 3.12. The van der Waals surface area contributed by atoms with E-state index >= 15 is 0 Å². The molecule has 0 bridgehead atoms. The summed E-state index contributed by atoms with van der Waals surface area (Å²) in [5.74, 6) is 0. The van der Waals surface area contributed by atoms with Gasteiger partial charge in [-0.3, -0.25) is 4.79 Å². The number of halogens is 1. The maximum atomic E-state index is 11.0. The molecule has 4 nitrogen and oxygen atoms in total. The van der Waals surface area contributed by atoms with E-state index in [4.69, 9.17) is 11.6 Å². The van der Waals surface area contributed by atoms with Crippen molar-refractivity contribution in [1.82, 2.24) is 14.6 Å². The lowest BCUT2D eigenvalue weighted by Gasteiger charge is -2.00. The van der Waals surface area contributed by atoms with Crippen molar-refractivity contribution in [2.75, 3.05) is 0 Å². The summed E-state index contributed by atoms with van der Waals surface area (Å²) in [6.45, 7) is 3.77. The van der Waals surface area contributed by atoms with Crippen molar-refractivity contribution in [3.8, 4) is 0 Å². The van der Waals surface area contributed by atoms with Crippen LogP contribution >= 0.6 is 11.6 Å². The Morgan fingerprint density at radius 2 is 2.21 bits per heavy atom. The fourth-order valence-corrected chi connectivity index (χ4v) is 1.54. The van der Waals surface area contributed by atoms with E-state index in [1.807, 2.05) is 19.9 Å². The third-order valence-corrected chi connectivity index (χ3v) is 2.17. The minimum Gasteiger partial charge on any atom is -0.274 e. The Labute approximate surface area is 85.5 Å². The Morgan fingerprint density at radius 3 is 2.86 bits per heavy atom. The minimum absolute atomic E-state index is 0.300. The molecule has 0 aromatic carbocycles. The molecule has 0 aliphatic carbocycles. The molecule has 0 aliphatic heterocycles. The van der Waals surface area contributed by atoms with E-state index in [0.717, 1.165) is 11.3 Å². The number of imidazole rings is 1. The summed E-state index contributed by atoms with van der Waals surface area (Å²) >= 11 is 5.39. The highest BCUT2D eigenvalue weighted by Gasteiger charge is 2.12. The number of rotatable bonds is 1. The van der Waals surface area contributed by atoms with Crippen molar-refractivity contribution in [3.05, 3.63) is 29.2 Å². The van der Waals surface area contributed by atoms with Crippen molar-refractivity contribution in [3.63, 3.8) is 0 Å². The molecule has 2 rings (SSSR count). The van der Waals surface area contributed by atoms with Crippen molar-refractivity contribution < 1.29 is 4.79 Å². The zero-order valence-electron chi connectivity index (χ0n) is 7.78. The van der Waals surface area contributed by atoms with Gasteiger partial charge in [-0.25, -0.2) is 9.50 Å². The fraction of sp³-hybridized carbons (Fsp3) is 0.222.